The van der Waals surface area contributed by atoms with Gasteiger partial charge in [0, 0.05) is 19.8 Å². The maximum Gasteiger partial charge on any atom is 0.360 e. The summed E-state index contributed by atoms with van der Waals surface area (Å²) in [6, 6.07) is 0. The first-order chi connectivity index (χ1) is 5.64. The second-order valence-electron chi connectivity index (χ2n) is 2.50. The number of nitrogens with zero attached hydrogens (tertiary/aromatic N) is 1. The normalized spacial score (nSPS) is 25.2. The molecule has 1 aliphatic heterocycles. The van der Waals surface area contributed by atoms with E-state index in [1.54, 1.807) is 0 Å². The number of morpholine rings is 1. The van der Waals surface area contributed by atoms with Crippen LogP contribution in [-0.4, -0.2) is 38.0 Å². The van der Waals surface area contributed by atoms with Crippen LogP contribution in [0.25, 0.3) is 0 Å². The lowest BCUT2D eigenvalue weighted by Gasteiger charge is -2.26. The first-order valence-corrected chi connectivity index (χ1v) is 5.61. The first kappa shape index (κ1) is 10.1. The number of hydrogen-bond donors (Lipinski definition) is 1. The van der Waals surface area contributed by atoms with E-state index in [0.717, 1.165) is 0 Å². The van der Waals surface area contributed by atoms with Gasteiger partial charge in [0.05, 0.1) is 13.2 Å². The van der Waals surface area contributed by atoms with E-state index in [2.05, 4.69) is 4.62 Å². The molecule has 0 aromatic rings. The van der Waals surface area contributed by atoms with Crippen LogP contribution in [0.5, 0.6) is 0 Å². The summed E-state index contributed by atoms with van der Waals surface area (Å²) in [7, 11) is -3.09. The zero-order valence-corrected chi connectivity index (χ0v) is 7.83. The van der Waals surface area contributed by atoms with Crippen LogP contribution in [0, 0.1) is 0 Å². The molecule has 1 aliphatic rings. The predicted molar refractivity (Wildman–Crippen MR) is 42.3 cm³/mol. The van der Waals surface area contributed by atoms with Crippen molar-refractivity contribution in [1.82, 2.24) is 5.06 Å². The summed E-state index contributed by atoms with van der Waals surface area (Å²) in [6.07, 6.45) is 0. The number of rotatable bonds is 3. The molecular weight excluding hydrogens is 183 g/mol. The highest BCUT2D eigenvalue weighted by Crippen LogP contribution is 2.42. The lowest BCUT2D eigenvalue weighted by atomic mass is 10.5. The lowest BCUT2D eigenvalue weighted by Crippen LogP contribution is -2.35. The van der Waals surface area contributed by atoms with E-state index in [1.165, 1.54) is 11.7 Å². The van der Waals surface area contributed by atoms with Gasteiger partial charge in [-0.2, -0.15) is 5.06 Å². The lowest BCUT2D eigenvalue weighted by molar-refractivity contribution is -0.125. The summed E-state index contributed by atoms with van der Waals surface area (Å²) in [5.41, 5.74) is 0. The Morgan fingerprint density at radius 2 is 2.08 bits per heavy atom. The van der Waals surface area contributed by atoms with Gasteiger partial charge >= 0.3 is 7.60 Å². The summed E-state index contributed by atoms with van der Waals surface area (Å²) < 4.78 is 25.4. The summed E-state index contributed by atoms with van der Waals surface area (Å²) in [5.74, 6) is 4.78. The molecule has 0 aromatic heterocycles. The molecule has 1 atom stereocenters. The fourth-order valence-corrected chi connectivity index (χ4v) is 1.48. The molecule has 72 valence electrons. The molecule has 0 saturated carbocycles. The molecule has 0 aliphatic carbocycles. The molecule has 12 heavy (non-hydrogen) atoms. The average Bonchev–Trinajstić information content (AvgIpc) is 2.06. The zero-order valence-electron chi connectivity index (χ0n) is 6.93. The van der Waals surface area contributed by atoms with E-state index in [0.29, 0.717) is 26.3 Å². The van der Waals surface area contributed by atoms with Crippen molar-refractivity contribution < 1.29 is 18.6 Å². The molecule has 2 N–H and O–H groups in total. The van der Waals surface area contributed by atoms with E-state index >= 15 is 0 Å². The molecule has 0 bridgehead atoms. The van der Waals surface area contributed by atoms with Crippen LogP contribution in [0.2, 0.25) is 0 Å². The highest BCUT2D eigenvalue weighted by Gasteiger charge is 2.22. The molecule has 1 rings (SSSR count). The summed E-state index contributed by atoms with van der Waals surface area (Å²) >= 11 is 0. The predicted octanol–water partition coefficient (Wildman–Crippen LogP) is -0.0366. The number of ether oxygens (including phenoxy) is 1. The third kappa shape index (κ3) is 3.18. The van der Waals surface area contributed by atoms with Crippen molar-refractivity contribution >= 4 is 7.60 Å². The van der Waals surface area contributed by atoms with Gasteiger partial charge in [0.1, 0.15) is 0 Å². The van der Waals surface area contributed by atoms with Crippen molar-refractivity contribution in [3.05, 3.63) is 0 Å². The molecule has 0 radical (unpaired) electrons. The van der Waals surface area contributed by atoms with Gasteiger partial charge in [0.2, 0.25) is 0 Å². The minimum Gasteiger partial charge on any atom is -0.379 e. The van der Waals surface area contributed by atoms with Crippen LogP contribution in [-0.2, 0) is 18.6 Å². The van der Waals surface area contributed by atoms with Gasteiger partial charge in [-0.25, -0.2) is 15.1 Å². The highest BCUT2D eigenvalue weighted by atomic mass is 31.2. The summed E-state index contributed by atoms with van der Waals surface area (Å²) in [5, 5.41) is 1.54. The Morgan fingerprint density at radius 1 is 1.50 bits per heavy atom. The van der Waals surface area contributed by atoms with Gasteiger partial charge in [-0.3, -0.25) is 4.57 Å². The van der Waals surface area contributed by atoms with Gasteiger partial charge in [-0.05, 0) is 0 Å². The van der Waals surface area contributed by atoms with Crippen molar-refractivity contribution in [2.45, 2.75) is 0 Å². The molecule has 7 heteroatoms. The van der Waals surface area contributed by atoms with Gasteiger partial charge in [0.25, 0.3) is 0 Å². The zero-order chi connectivity index (χ0) is 9.03. The maximum atomic E-state index is 11.2. The van der Waals surface area contributed by atoms with Crippen LogP contribution in [0.3, 0.4) is 0 Å². The number of hydroxylamine groups is 2. The van der Waals surface area contributed by atoms with Gasteiger partial charge in [0.15, 0.2) is 0 Å². The van der Waals surface area contributed by atoms with E-state index in [1.807, 2.05) is 0 Å². The molecule has 6 nitrogen and oxygen atoms in total. The van der Waals surface area contributed by atoms with E-state index in [9.17, 15) is 4.57 Å². The first-order valence-electron chi connectivity index (χ1n) is 3.62. The Balaban J connectivity index is 2.34. The van der Waals surface area contributed by atoms with Gasteiger partial charge in [-0.1, -0.05) is 0 Å². The van der Waals surface area contributed by atoms with E-state index < -0.39 is 7.60 Å². The SMILES string of the molecule is CP(=O)(ON)ON1CCOCC1. The smallest absolute Gasteiger partial charge is 0.360 e. The molecule has 0 aromatic carbocycles. The highest BCUT2D eigenvalue weighted by molar-refractivity contribution is 7.52. The van der Waals surface area contributed by atoms with E-state index in [-0.39, 0.29) is 0 Å². The molecule has 1 saturated heterocycles. The Bertz CT molecular complexity index is 182. The number of nitrogens with two attached hydrogens (primary N) is 1. The van der Waals surface area contributed by atoms with Crippen LogP contribution in [0.15, 0.2) is 0 Å². The topological polar surface area (TPSA) is 74.0 Å². The van der Waals surface area contributed by atoms with Crippen molar-refractivity contribution in [3.63, 3.8) is 0 Å². The largest absolute Gasteiger partial charge is 0.379 e. The standard InChI is InChI=1S/C5H13N2O4P/c1-12(8,10-6)11-7-2-4-9-5-3-7/h2-6H2,1H3. The third-order valence-electron chi connectivity index (χ3n) is 1.43. The quantitative estimate of drug-likeness (QED) is 0.504. The molecular formula is C5H13N2O4P. The Kier molecular flexibility index (Phi) is 3.64. The Labute approximate surface area is 71.0 Å². The number of hydrogen-bond acceptors (Lipinski definition) is 6. The summed E-state index contributed by atoms with van der Waals surface area (Å²) in [4.78, 5) is 0. The third-order valence-corrected chi connectivity index (χ3v) is 2.34. The fourth-order valence-electron chi connectivity index (χ4n) is 0.857. The van der Waals surface area contributed by atoms with Crippen molar-refractivity contribution in [2.75, 3.05) is 33.0 Å². The Hall–Kier alpha value is 0.0300. The van der Waals surface area contributed by atoms with Crippen molar-refractivity contribution in [3.8, 4) is 0 Å². The molecule has 0 spiro atoms. The molecule has 1 unspecified atom stereocenters. The van der Waals surface area contributed by atoms with Crippen LogP contribution in [0.4, 0.5) is 0 Å². The van der Waals surface area contributed by atoms with Crippen LogP contribution < -0.4 is 5.90 Å². The minimum absolute atomic E-state index is 0.574. The minimum atomic E-state index is -3.09. The second-order valence-corrected chi connectivity index (χ2v) is 4.42. The maximum absolute atomic E-state index is 11.2. The molecule has 1 heterocycles. The second kappa shape index (κ2) is 4.32. The summed E-state index contributed by atoms with van der Waals surface area (Å²) in [6.45, 7) is 3.64. The van der Waals surface area contributed by atoms with Crippen molar-refractivity contribution in [2.24, 2.45) is 5.90 Å². The monoisotopic (exact) mass is 196 g/mol. The van der Waals surface area contributed by atoms with E-state index in [4.69, 9.17) is 15.3 Å². The van der Waals surface area contributed by atoms with Crippen LogP contribution >= 0.6 is 7.60 Å². The van der Waals surface area contributed by atoms with Crippen molar-refractivity contribution in [1.29, 1.82) is 0 Å². The molecule has 1 fully saturated rings. The van der Waals surface area contributed by atoms with Gasteiger partial charge in [-0.15, -0.1) is 0 Å². The van der Waals surface area contributed by atoms with Crippen LogP contribution in [0.1, 0.15) is 0 Å². The fraction of sp³-hybridized carbons (Fsp3) is 1.00. The molecule has 0 amide bonds. The Morgan fingerprint density at radius 3 is 2.58 bits per heavy atom. The average molecular weight is 196 g/mol. The van der Waals surface area contributed by atoms with Gasteiger partial charge < -0.3 is 4.74 Å².